The van der Waals surface area contributed by atoms with Gasteiger partial charge in [-0.1, -0.05) is 23.8 Å². The first-order valence-electron chi connectivity index (χ1n) is 12.8. The molecule has 0 saturated carbocycles. The van der Waals surface area contributed by atoms with E-state index < -0.39 is 11.8 Å². The van der Waals surface area contributed by atoms with E-state index in [4.69, 9.17) is 14.2 Å². The van der Waals surface area contributed by atoms with Crippen LogP contribution in [0.2, 0.25) is 0 Å². The minimum Gasteiger partial charge on any atom is -0.497 e. The molecule has 3 aliphatic heterocycles. The molecule has 0 N–H and O–H groups in total. The Bertz CT molecular complexity index is 1170. The van der Waals surface area contributed by atoms with E-state index in [1.54, 1.807) is 52.1 Å². The smallest absolute Gasteiger partial charge is 0.256 e. The van der Waals surface area contributed by atoms with Crippen LogP contribution in [0.25, 0.3) is 0 Å². The minimum absolute atomic E-state index is 0.0933. The van der Waals surface area contributed by atoms with Crippen molar-refractivity contribution in [2.24, 2.45) is 0 Å². The Balaban J connectivity index is 1.39. The molecule has 3 heterocycles. The molecule has 37 heavy (non-hydrogen) atoms. The summed E-state index contributed by atoms with van der Waals surface area (Å²) < 4.78 is 17.0. The van der Waals surface area contributed by atoms with Gasteiger partial charge < -0.3 is 24.0 Å². The minimum atomic E-state index is -0.946. The SMILES string of the molecule is COc1cccc(C(=O)N2CCC3(CC2)OC[C@H](C(=O)N2CCOCC2)N3C(=O)c2cccc(C)c2)c1. The molecule has 1 spiro atoms. The molecule has 196 valence electrons. The van der Waals surface area contributed by atoms with Gasteiger partial charge in [-0.05, 0) is 37.3 Å². The lowest BCUT2D eigenvalue weighted by Gasteiger charge is -2.45. The lowest BCUT2D eigenvalue weighted by atomic mass is 9.95. The lowest BCUT2D eigenvalue weighted by molar-refractivity contribution is -0.141. The third kappa shape index (κ3) is 4.93. The fourth-order valence-electron chi connectivity index (χ4n) is 5.47. The van der Waals surface area contributed by atoms with Gasteiger partial charge in [-0.2, -0.15) is 0 Å². The maximum atomic E-state index is 13.9. The highest BCUT2D eigenvalue weighted by Crippen LogP contribution is 2.39. The second-order valence-electron chi connectivity index (χ2n) is 9.78. The molecule has 9 nitrogen and oxygen atoms in total. The van der Waals surface area contributed by atoms with E-state index in [1.165, 1.54) is 0 Å². The van der Waals surface area contributed by atoms with Crippen LogP contribution in [-0.4, -0.2) is 97.3 Å². The largest absolute Gasteiger partial charge is 0.497 e. The second kappa shape index (κ2) is 10.5. The van der Waals surface area contributed by atoms with Gasteiger partial charge in [0.1, 0.15) is 17.5 Å². The zero-order chi connectivity index (χ0) is 26.0. The van der Waals surface area contributed by atoms with Gasteiger partial charge in [-0.25, -0.2) is 0 Å². The predicted molar refractivity (Wildman–Crippen MR) is 135 cm³/mol. The molecule has 0 bridgehead atoms. The van der Waals surface area contributed by atoms with Crippen molar-refractivity contribution in [1.29, 1.82) is 0 Å². The van der Waals surface area contributed by atoms with E-state index >= 15 is 0 Å². The highest BCUT2D eigenvalue weighted by Gasteiger charge is 2.55. The number of rotatable bonds is 4. The average Bonchev–Trinajstić information content (AvgIpc) is 3.31. The number of benzene rings is 2. The van der Waals surface area contributed by atoms with Crippen LogP contribution >= 0.6 is 0 Å². The van der Waals surface area contributed by atoms with E-state index in [0.717, 1.165) is 5.56 Å². The quantitative estimate of drug-likeness (QED) is 0.631. The van der Waals surface area contributed by atoms with Gasteiger partial charge in [0.05, 0.1) is 26.9 Å². The molecule has 1 atom stereocenters. The maximum absolute atomic E-state index is 13.9. The van der Waals surface area contributed by atoms with Crippen molar-refractivity contribution in [1.82, 2.24) is 14.7 Å². The molecule has 9 heteroatoms. The fraction of sp³-hybridized carbons (Fsp3) is 0.464. The molecule has 0 unspecified atom stereocenters. The predicted octanol–water partition coefficient (Wildman–Crippen LogP) is 2.34. The molecule has 3 saturated heterocycles. The number of hydrogen-bond donors (Lipinski definition) is 0. The standard InChI is InChI=1S/C28H33N3O6/c1-20-5-3-6-21(17-20)26(33)31-24(27(34)30-13-15-36-16-14-30)19-37-28(31)9-11-29(12-10-28)25(32)22-7-4-8-23(18-22)35-2/h3-8,17-18,24H,9-16,19H2,1-2H3/t24-/m1/s1. The Morgan fingerprint density at radius 3 is 2.24 bits per heavy atom. The molecule has 2 aromatic carbocycles. The molecular formula is C28H33N3O6. The Hall–Kier alpha value is -3.43. The molecular weight excluding hydrogens is 474 g/mol. The number of carbonyl (C=O) groups is 3. The van der Waals surface area contributed by atoms with E-state index in [-0.39, 0.29) is 24.3 Å². The molecule has 3 aliphatic rings. The Kier molecular flexibility index (Phi) is 7.17. The van der Waals surface area contributed by atoms with Crippen LogP contribution in [0.1, 0.15) is 39.1 Å². The van der Waals surface area contributed by atoms with Gasteiger partial charge in [0.15, 0.2) is 0 Å². The van der Waals surface area contributed by atoms with Crippen LogP contribution in [0.5, 0.6) is 5.75 Å². The van der Waals surface area contributed by atoms with E-state index in [1.807, 2.05) is 25.1 Å². The number of ether oxygens (including phenoxy) is 3. The molecule has 3 amide bonds. The normalized spacial score (nSPS) is 21.2. The van der Waals surface area contributed by atoms with Crippen molar-refractivity contribution >= 4 is 17.7 Å². The summed E-state index contributed by atoms with van der Waals surface area (Å²) in [5.74, 6) is 0.193. The van der Waals surface area contributed by atoms with Gasteiger partial charge in [-0.3, -0.25) is 19.3 Å². The van der Waals surface area contributed by atoms with Crippen molar-refractivity contribution in [2.45, 2.75) is 31.5 Å². The molecule has 0 aromatic heterocycles. The van der Waals surface area contributed by atoms with Gasteiger partial charge in [-0.15, -0.1) is 0 Å². The van der Waals surface area contributed by atoms with Gasteiger partial charge in [0.25, 0.3) is 11.8 Å². The maximum Gasteiger partial charge on any atom is 0.256 e. The summed E-state index contributed by atoms with van der Waals surface area (Å²) >= 11 is 0. The average molecular weight is 508 g/mol. The molecule has 0 aliphatic carbocycles. The van der Waals surface area contributed by atoms with E-state index in [9.17, 15) is 14.4 Å². The number of likely N-dealkylation sites (tertiary alicyclic amines) is 1. The van der Waals surface area contributed by atoms with Crippen LogP contribution in [0.15, 0.2) is 48.5 Å². The lowest BCUT2D eigenvalue weighted by Crippen LogP contribution is -2.60. The Morgan fingerprint density at radius 1 is 0.892 bits per heavy atom. The van der Waals surface area contributed by atoms with Crippen LogP contribution in [0.3, 0.4) is 0 Å². The number of carbonyl (C=O) groups excluding carboxylic acids is 3. The summed E-state index contributed by atoms with van der Waals surface area (Å²) in [4.78, 5) is 45.9. The van der Waals surface area contributed by atoms with Crippen molar-refractivity contribution in [3.63, 3.8) is 0 Å². The van der Waals surface area contributed by atoms with Crippen LogP contribution in [0.4, 0.5) is 0 Å². The van der Waals surface area contributed by atoms with Gasteiger partial charge in [0, 0.05) is 50.1 Å². The Morgan fingerprint density at radius 2 is 1.57 bits per heavy atom. The first kappa shape index (κ1) is 25.2. The summed E-state index contributed by atoms with van der Waals surface area (Å²) in [6, 6.07) is 13.8. The third-order valence-corrected chi connectivity index (χ3v) is 7.50. The number of morpholine rings is 1. The molecule has 3 fully saturated rings. The number of piperidine rings is 1. The van der Waals surface area contributed by atoms with Gasteiger partial charge in [0.2, 0.25) is 5.91 Å². The van der Waals surface area contributed by atoms with Crippen LogP contribution in [-0.2, 0) is 14.3 Å². The zero-order valence-electron chi connectivity index (χ0n) is 21.4. The summed E-state index contributed by atoms with van der Waals surface area (Å²) in [5, 5.41) is 0. The van der Waals surface area contributed by atoms with Crippen molar-refractivity contribution in [3.05, 3.63) is 65.2 Å². The molecule has 2 aromatic rings. The van der Waals surface area contributed by atoms with Crippen molar-refractivity contribution in [2.75, 3.05) is 53.1 Å². The molecule has 0 radical (unpaired) electrons. The summed E-state index contributed by atoms with van der Waals surface area (Å²) in [6.45, 7) is 4.85. The highest BCUT2D eigenvalue weighted by atomic mass is 16.5. The fourth-order valence-corrected chi connectivity index (χ4v) is 5.47. The number of hydrogen-bond acceptors (Lipinski definition) is 6. The van der Waals surface area contributed by atoms with Crippen LogP contribution < -0.4 is 4.74 Å². The highest BCUT2D eigenvalue weighted by molar-refractivity contribution is 5.99. The van der Waals surface area contributed by atoms with Gasteiger partial charge >= 0.3 is 0 Å². The monoisotopic (exact) mass is 507 g/mol. The first-order valence-corrected chi connectivity index (χ1v) is 12.8. The topological polar surface area (TPSA) is 88.6 Å². The molecule has 5 rings (SSSR count). The number of methoxy groups -OCH3 is 1. The first-order chi connectivity index (χ1) is 17.9. The summed E-state index contributed by atoms with van der Waals surface area (Å²) in [6.07, 6.45) is 0.848. The second-order valence-corrected chi connectivity index (χ2v) is 9.78. The Labute approximate surface area is 216 Å². The van der Waals surface area contributed by atoms with Crippen molar-refractivity contribution < 1.29 is 28.6 Å². The van der Waals surface area contributed by atoms with Crippen LogP contribution in [0, 0.1) is 6.92 Å². The van der Waals surface area contributed by atoms with Crippen molar-refractivity contribution in [3.8, 4) is 5.75 Å². The number of aryl methyl sites for hydroxylation is 1. The van der Waals surface area contributed by atoms with E-state index in [2.05, 4.69) is 0 Å². The third-order valence-electron chi connectivity index (χ3n) is 7.50. The van der Waals surface area contributed by atoms with E-state index in [0.29, 0.717) is 69.1 Å². The number of nitrogens with zero attached hydrogens (tertiary/aromatic N) is 3. The summed E-state index contributed by atoms with van der Waals surface area (Å²) in [7, 11) is 1.57. The summed E-state index contributed by atoms with van der Waals surface area (Å²) in [5.41, 5.74) is 1.10. The number of amides is 3. The zero-order valence-corrected chi connectivity index (χ0v) is 21.4.